The fourth-order valence-corrected chi connectivity index (χ4v) is 5.54. The number of nitrogens with zero attached hydrogens (tertiary/aromatic N) is 1. The number of oxime groups is 1. The van der Waals surface area contributed by atoms with Gasteiger partial charge in [0, 0.05) is 14.2 Å². The monoisotopic (exact) mass is 527 g/mol. The van der Waals surface area contributed by atoms with Crippen molar-refractivity contribution in [3.63, 3.8) is 0 Å². The van der Waals surface area contributed by atoms with E-state index in [4.69, 9.17) is 32.9 Å². The second kappa shape index (κ2) is 13.3. The first-order valence-electron chi connectivity index (χ1n) is 12.2. The van der Waals surface area contributed by atoms with Crippen molar-refractivity contribution in [2.75, 3.05) is 35.2 Å². The Labute approximate surface area is 217 Å². The molecule has 1 aromatic carbocycles. The first-order valence-corrected chi connectivity index (χ1v) is 15.1. The van der Waals surface area contributed by atoms with Crippen LogP contribution in [0.4, 0.5) is 0 Å². The normalized spacial score (nSPS) is 27.7. The van der Waals surface area contributed by atoms with Gasteiger partial charge in [-0.1, -0.05) is 38.1 Å². The molecule has 0 unspecified atom stereocenters. The summed E-state index contributed by atoms with van der Waals surface area (Å²) in [4.78, 5) is 5.10. The molecular formula is C26H45NO8Si. The molecule has 1 aromatic rings. The lowest BCUT2D eigenvalue weighted by Crippen LogP contribution is -2.67. The van der Waals surface area contributed by atoms with Gasteiger partial charge >= 0.3 is 0 Å². The van der Waals surface area contributed by atoms with Crippen molar-refractivity contribution in [1.29, 1.82) is 0 Å². The summed E-state index contributed by atoms with van der Waals surface area (Å²) in [7, 11) is 4.01. The Hall–Kier alpha value is -1.53. The molecule has 6 atom stereocenters. The molecule has 9 nitrogen and oxygen atoms in total. The summed E-state index contributed by atoms with van der Waals surface area (Å²) in [6.07, 6.45) is -3.56. The van der Waals surface area contributed by atoms with Crippen LogP contribution in [0, 0.1) is 5.92 Å². The van der Waals surface area contributed by atoms with Crippen molar-refractivity contribution in [3.05, 3.63) is 29.8 Å². The fourth-order valence-electron chi connectivity index (χ4n) is 4.24. The molecule has 0 bridgehead atoms. The van der Waals surface area contributed by atoms with E-state index in [2.05, 4.69) is 39.0 Å². The van der Waals surface area contributed by atoms with Crippen LogP contribution in [-0.2, 0) is 34.8 Å². The van der Waals surface area contributed by atoms with E-state index in [1.165, 1.54) is 7.11 Å². The van der Waals surface area contributed by atoms with Crippen molar-refractivity contribution >= 4 is 14.0 Å². The SMILES string of the molecule is COCO[C@H]1[C@@H](O)[C@@H](OCc2ccc(OC)cc2)[C@H](/C(C)=N/OC)[C@@H](OC)[C@@H]1O[Si](C)(C)C(C)(C)C. The van der Waals surface area contributed by atoms with Gasteiger partial charge in [0.05, 0.1) is 37.6 Å². The molecule has 206 valence electrons. The zero-order valence-electron chi connectivity index (χ0n) is 23.4. The van der Waals surface area contributed by atoms with E-state index in [-0.39, 0.29) is 18.4 Å². The standard InChI is InChI=1S/C26H45NO8Si/c1-17(27-32-8)20-22(33-15-18-11-13-19(30-6)14-12-18)21(28)24(34-16-29-5)25(23(20)31-7)35-36(9,10)26(2,3)4/h11-14,20-25,28H,15-16H2,1-10H3/b27-17+/t20-,21-,22-,23+,24-,25-/m0/s1. The number of hydrogen-bond donors (Lipinski definition) is 1. The molecule has 1 N–H and O–H groups in total. The molecule has 1 saturated carbocycles. The highest BCUT2D eigenvalue weighted by atomic mass is 28.4. The predicted molar refractivity (Wildman–Crippen MR) is 141 cm³/mol. The zero-order valence-corrected chi connectivity index (χ0v) is 24.4. The van der Waals surface area contributed by atoms with Gasteiger partial charge in [-0.25, -0.2) is 0 Å². The van der Waals surface area contributed by atoms with Crippen LogP contribution in [0.1, 0.15) is 33.3 Å². The Morgan fingerprint density at radius 1 is 0.944 bits per heavy atom. The number of methoxy groups -OCH3 is 3. The molecule has 36 heavy (non-hydrogen) atoms. The topological polar surface area (TPSA) is 97.2 Å². The summed E-state index contributed by atoms with van der Waals surface area (Å²) in [5.74, 6) is 0.316. The Morgan fingerprint density at radius 3 is 2.08 bits per heavy atom. The van der Waals surface area contributed by atoms with Crippen LogP contribution in [0.15, 0.2) is 29.4 Å². The van der Waals surface area contributed by atoms with Gasteiger partial charge < -0.3 is 38.1 Å². The molecule has 0 radical (unpaired) electrons. The van der Waals surface area contributed by atoms with Crippen LogP contribution in [-0.4, -0.2) is 84.9 Å². The first kappa shape index (κ1) is 30.7. The van der Waals surface area contributed by atoms with Gasteiger partial charge in [-0.05, 0) is 42.8 Å². The van der Waals surface area contributed by atoms with Crippen LogP contribution in [0.5, 0.6) is 5.75 Å². The van der Waals surface area contributed by atoms with Crippen LogP contribution in [0.25, 0.3) is 0 Å². The maximum atomic E-state index is 11.6. The highest BCUT2D eigenvalue weighted by Crippen LogP contribution is 2.42. The van der Waals surface area contributed by atoms with Crippen LogP contribution in [0.3, 0.4) is 0 Å². The van der Waals surface area contributed by atoms with Crippen LogP contribution >= 0.6 is 0 Å². The van der Waals surface area contributed by atoms with Gasteiger partial charge in [0.15, 0.2) is 8.32 Å². The maximum Gasteiger partial charge on any atom is 0.192 e. The Kier molecular flexibility index (Phi) is 11.4. The summed E-state index contributed by atoms with van der Waals surface area (Å²) in [5, 5.41) is 15.8. The van der Waals surface area contributed by atoms with Crippen LogP contribution in [0.2, 0.25) is 18.1 Å². The summed E-state index contributed by atoms with van der Waals surface area (Å²) in [6.45, 7) is 12.9. The van der Waals surface area contributed by atoms with Gasteiger partial charge in [0.25, 0.3) is 0 Å². The third-order valence-corrected chi connectivity index (χ3v) is 11.7. The smallest absolute Gasteiger partial charge is 0.192 e. The highest BCUT2D eigenvalue weighted by Gasteiger charge is 2.56. The second-order valence-corrected chi connectivity index (χ2v) is 15.4. The van der Waals surface area contributed by atoms with E-state index in [0.717, 1.165) is 11.3 Å². The summed E-state index contributed by atoms with van der Waals surface area (Å²) in [6, 6.07) is 7.59. The van der Waals surface area contributed by atoms with Gasteiger partial charge in [0.2, 0.25) is 0 Å². The second-order valence-electron chi connectivity index (χ2n) is 10.6. The maximum absolute atomic E-state index is 11.6. The van der Waals surface area contributed by atoms with Crippen molar-refractivity contribution < 1.29 is 38.1 Å². The summed E-state index contributed by atoms with van der Waals surface area (Å²) in [5.41, 5.74) is 1.57. The molecule has 0 spiro atoms. The van der Waals surface area contributed by atoms with E-state index in [9.17, 15) is 5.11 Å². The molecular weight excluding hydrogens is 482 g/mol. The number of benzene rings is 1. The quantitative estimate of drug-likeness (QED) is 0.189. The fraction of sp³-hybridized carbons (Fsp3) is 0.731. The van der Waals surface area contributed by atoms with Crippen molar-refractivity contribution in [2.24, 2.45) is 11.1 Å². The number of ether oxygens (including phenoxy) is 5. The van der Waals surface area contributed by atoms with Gasteiger partial charge in [-0.15, -0.1) is 0 Å². The molecule has 2 rings (SSSR count). The number of aliphatic hydroxyl groups is 1. The van der Waals surface area contributed by atoms with Crippen molar-refractivity contribution in [3.8, 4) is 5.75 Å². The minimum absolute atomic E-state index is 0.00344. The average molecular weight is 528 g/mol. The number of aliphatic hydroxyl groups excluding tert-OH is 1. The molecule has 0 saturated heterocycles. The van der Waals surface area contributed by atoms with E-state index >= 15 is 0 Å². The molecule has 10 heteroatoms. The van der Waals surface area contributed by atoms with Gasteiger partial charge in [-0.2, -0.15) is 0 Å². The molecule has 1 aliphatic carbocycles. The van der Waals surface area contributed by atoms with Gasteiger partial charge in [-0.3, -0.25) is 0 Å². The number of hydrogen-bond acceptors (Lipinski definition) is 9. The summed E-state index contributed by atoms with van der Waals surface area (Å²) < 4.78 is 35.7. The molecule has 0 amide bonds. The lowest BCUT2D eigenvalue weighted by molar-refractivity contribution is -0.238. The number of rotatable bonds is 12. The largest absolute Gasteiger partial charge is 0.497 e. The van der Waals surface area contributed by atoms with Crippen molar-refractivity contribution in [2.45, 2.75) is 83.0 Å². The van der Waals surface area contributed by atoms with E-state index in [0.29, 0.717) is 5.71 Å². The predicted octanol–water partition coefficient (Wildman–Crippen LogP) is 3.99. The summed E-state index contributed by atoms with van der Waals surface area (Å²) >= 11 is 0. The third-order valence-electron chi connectivity index (χ3n) is 7.24. The molecule has 1 aliphatic rings. The van der Waals surface area contributed by atoms with E-state index in [1.54, 1.807) is 21.3 Å². The van der Waals surface area contributed by atoms with Crippen molar-refractivity contribution in [1.82, 2.24) is 0 Å². The van der Waals surface area contributed by atoms with E-state index in [1.807, 2.05) is 31.2 Å². The zero-order chi connectivity index (χ0) is 27.1. The Morgan fingerprint density at radius 2 is 1.58 bits per heavy atom. The van der Waals surface area contributed by atoms with E-state index < -0.39 is 44.8 Å². The minimum Gasteiger partial charge on any atom is -0.497 e. The minimum atomic E-state index is -2.28. The Bertz CT molecular complexity index is 826. The van der Waals surface area contributed by atoms with Crippen LogP contribution < -0.4 is 4.74 Å². The lowest BCUT2D eigenvalue weighted by atomic mass is 9.76. The third kappa shape index (κ3) is 7.28. The highest BCUT2D eigenvalue weighted by molar-refractivity contribution is 6.74. The van der Waals surface area contributed by atoms with Gasteiger partial charge in [0.1, 0.15) is 38.0 Å². The lowest BCUT2D eigenvalue weighted by Gasteiger charge is -2.51. The molecule has 0 aliphatic heterocycles. The first-order chi connectivity index (χ1) is 16.9. The molecule has 0 heterocycles. The Balaban J connectivity index is 2.47. The molecule has 0 aromatic heterocycles. The average Bonchev–Trinajstić information content (AvgIpc) is 2.82. The molecule has 1 fully saturated rings.